The summed E-state index contributed by atoms with van der Waals surface area (Å²) in [4.78, 5) is 41.5. The quantitative estimate of drug-likeness (QED) is 0.435. The van der Waals surface area contributed by atoms with Crippen LogP contribution in [0.2, 0.25) is 0 Å². The molecule has 0 aliphatic heterocycles. The van der Waals surface area contributed by atoms with Crippen LogP contribution in [0, 0.1) is 11.8 Å². The Morgan fingerprint density at radius 1 is 1.05 bits per heavy atom. The Kier molecular flexibility index (Phi) is 7.45. The number of carboxylic acid groups (broad SMARTS) is 3. The lowest BCUT2D eigenvalue weighted by Crippen LogP contribution is -2.19. The molecule has 3 unspecified atom stereocenters. The second-order valence-electron chi connectivity index (χ2n) is 4.75. The summed E-state index contributed by atoms with van der Waals surface area (Å²) in [5, 5.41) is 26.0. The molecule has 0 aromatic rings. The van der Waals surface area contributed by atoms with E-state index in [1.54, 1.807) is 0 Å². The Balaban J connectivity index is 4.45. The van der Waals surface area contributed by atoms with Gasteiger partial charge in [-0.3, -0.25) is 18.9 Å². The van der Waals surface area contributed by atoms with Gasteiger partial charge in [0.05, 0.1) is 11.8 Å². The first-order chi connectivity index (χ1) is 9.05. The van der Waals surface area contributed by atoms with Gasteiger partial charge in [-0.25, -0.2) is 0 Å². The third-order valence-electron chi connectivity index (χ3n) is 2.86. The topological polar surface area (TPSA) is 149 Å². The smallest absolute Gasteiger partial charge is 0.306 e. The van der Waals surface area contributed by atoms with Gasteiger partial charge < -0.3 is 20.2 Å². The van der Waals surface area contributed by atoms with Crippen molar-refractivity contribution in [2.24, 2.45) is 11.8 Å². The minimum atomic E-state index is -3.74. The van der Waals surface area contributed by atoms with Crippen LogP contribution in [0.1, 0.15) is 26.2 Å². The van der Waals surface area contributed by atoms with Crippen LogP contribution in [0.3, 0.4) is 0 Å². The van der Waals surface area contributed by atoms with E-state index in [2.05, 4.69) is 0 Å². The average molecular weight is 310 g/mol. The van der Waals surface area contributed by atoms with Gasteiger partial charge >= 0.3 is 17.9 Å². The number of hydrogen-bond acceptors (Lipinski definition) is 4. The molecule has 0 bridgehead atoms. The van der Waals surface area contributed by atoms with Crippen molar-refractivity contribution in [2.45, 2.75) is 26.2 Å². The molecule has 0 aromatic heterocycles. The van der Waals surface area contributed by atoms with Gasteiger partial charge in [-0.05, 0) is 12.8 Å². The molecule has 0 saturated heterocycles. The molecule has 0 spiro atoms. The van der Waals surface area contributed by atoms with E-state index < -0.39 is 43.3 Å². The first-order valence-corrected chi connectivity index (χ1v) is 8.06. The molecule has 0 aliphatic carbocycles. The lowest BCUT2D eigenvalue weighted by atomic mass is 10.0. The summed E-state index contributed by atoms with van der Waals surface area (Å²) >= 11 is 0. The van der Waals surface area contributed by atoms with E-state index in [4.69, 9.17) is 15.3 Å². The van der Waals surface area contributed by atoms with Crippen molar-refractivity contribution >= 4 is 25.3 Å². The number of aliphatic carboxylic acids is 3. The number of rotatable bonds is 10. The first kappa shape index (κ1) is 18.6. The predicted octanol–water partition coefficient (Wildman–Crippen LogP) is 0.933. The zero-order chi connectivity index (χ0) is 15.9. The molecule has 0 radical (unpaired) electrons. The Morgan fingerprint density at radius 3 is 2.00 bits per heavy atom. The van der Waals surface area contributed by atoms with Crippen molar-refractivity contribution in [3.8, 4) is 0 Å². The van der Waals surface area contributed by atoms with Crippen molar-refractivity contribution in [3.05, 3.63) is 0 Å². The summed E-state index contributed by atoms with van der Waals surface area (Å²) in [5.74, 6) is -5.57. The van der Waals surface area contributed by atoms with Crippen LogP contribution in [0.15, 0.2) is 0 Å². The molecule has 9 heteroatoms. The summed E-state index contributed by atoms with van der Waals surface area (Å²) in [6.45, 7) is 1.30. The zero-order valence-corrected chi connectivity index (χ0v) is 12.0. The van der Waals surface area contributed by atoms with E-state index in [-0.39, 0.29) is 25.4 Å². The average Bonchev–Trinajstić information content (AvgIpc) is 2.26. The second-order valence-corrected chi connectivity index (χ2v) is 7.25. The van der Waals surface area contributed by atoms with Crippen LogP contribution in [0.25, 0.3) is 0 Å². The minimum Gasteiger partial charge on any atom is -0.481 e. The van der Waals surface area contributed by atoms with Gasteiger partial charge in [0, 0.05) is 18.7 Å². The molecular weight excluding hydrogens is 291 g/mol. The summed E-state index contributed by atoms with van der Waals surface area (Å²) < 4.78 is 11.8. The van der Waals surface area contributed by atoms with Gasteiger partial charge in [0.25, 0.3) is 0 Å². The summed E-state index contributed by atoms with van der Waals surface area (Å²) in [5.41, 5.74) is 0. The highest BCUT2D eigenvalue weighted by Crippen LogP contribution is 2.44. The van der Waals surface area contributed by atoms with E-state index in [0.29, 0.717) is 0 Å². The van der Waals surface area contributed by atoms with E-state index in [1.807, 2.05) is 0 Å². The SMILES string of the molecule is CC(CP(=O)(O)CCC(CCC(=O)O)C(=O)O)C(=O)O. The maximum atomic E-state index is 11.8. The normalized spacial score (nSPS) is 16.9. The molecule has 4 N–H and O–H groups in total. The molecule has 8 nitrogen and oxygen atoms in total. The molecule has 0 aliphatic rings. The summed E-state index contributed by atoms with van der Waals surface area (Å²) in [6.07, 6.45) is -1.37. The number of carbonyl (C=O) groups is 3. The predicted molar refractivity (Wildman–Crippen MR) is 69.0 cm³/mol. The van der Waals surface area contributed by atoms with Gasteiger partial charge in [0.1, 0.15) is 0 Å². The van der Waals surface area contributed by atoms with Gasteiger partial charge in [-0.15, -0.1) is 0 Å². The zero-order valence-electron chi connectivity index (χ0n) is 11.1. The monoisotopic (exact) mass is 310 g/mol. The highest BCUT2D eigenvalue weighted by molar-refractivity contribution is 7.58. The first-order valence-electron chi connectivity index (χ1n) is 6.03. The molecule has 0 amide bonds. The highest BCUT2D eigenvalue weighted by Gasteiger charge is 2.28. The molecule has 3 atom stereocenters. The number of hydrogen-bond donors (Lipinski definition) is 4. The second kappa shape index (κ2) is 8.01. The van der Waals surface area contributed by atoms with Crippen LogP contribution in [-0.4, -0.2) is 50.4 Å². The van der Waals surface area contributed by atoms with Crippen LogP contribution < -0.4 is 0 Å². The Hall–Kier alpha value is -1.40. The van der Waals surface area contributed by atoms with Crippen molar-refractivity contribution in [1.82, 2.24) is 0 Å². The van der Waals surface area contributed by atoms with Gasteiger partial charge in [0.15, 0.2) is 0 Å². The third-order valence-corrected chi connectivity index (χ3v) is 4.94. The summed E-state index contributed by atoms with van der Waals surface area (Å²) in [6, 6.07) is 0. The lowest BCUT2D eigenvalue weighted by Gasteiger charge is -2.16. The molecule has 0 aromatic carbocycles. The fourth-order valence-corrected chi connectivity index (χ4v) is 3.55. The molecule has 20 heavy (non-hydrogen) atoms. The van der Waals surface area contributed by atoms with E-state index in [0.717, 1.165) is 0 Å². The molecule has 0 fully saturated rings. The Bertz CT molecular complexity index is 419. The lowest BCUT2D eigenvalue weighted by molar-refractivity contribution is -0.143. The van der Waals surface area contributed by atoms with Gasteiger partial charge in [-0.2, -0.15) is 0 Å². The summed E-state index contributed by atoms with van der Waals surface area (Å²) in [7, 11) is -3.74. The van der Waals surface area contributed by atoms with Crippen LogP contribution >= 0.6 is 7.37 Å². The van der Waals surface area contributed by atoms with E-state index in [1.165, 1.54) is 6.92 Å². The number of carboxylic acids is 3. The van der Waals surface area contributed by atoms with Crippen LogP contribution in [0.5, 0.6) is 0 Å². The van der Waals surface area contributed by atoms with E-state index in [9.17, 15) is 23.8 Å². The largest absolute Gasteiger partial charge is 0.481 e. The molecule has 0 heterocycles. The van der Waals surface area contributed by atoms with Gasteiger partial charge in [-0.1, -0.05) is 6.92 Å². The minimum absolute atomic E-state index is 0.126. The fraction of sp³-hybridized carbons (Fsp3) is 0.727. The van der Waals surface area contributed by atoms with E-state index >= 15 is 0 Å². The standard InChI is InChI=1S/C11H19O8P/c1-7(10(14)15)6-20(18,19)5-4-8(11(16)17)2-3-9(12)13/h7-8H,2-6H2,1H3,(H,12,13)(H,14,15)(H,16,17)(H,18,19). The fourth-order valence-electron chi connectivity index (χ4n) is 1.64. The van der Waals surface area contributed by atoms with Crippen molar-refractivity contribution in [3.63, 3.8) is 0 Å². The molecule has 116 valence electrons. The third kappa shape index (κ3) is 7.91. The Labute approximate surface area is 115 Å². The molecular formula is C11H19O8P. The molecule has 0 rings (SSSR count). The maximum absolute atomic E-state index is 11.8. The van der Waals surface area contributed by atoms with Crippen molar-refractivity contribution in [1.29, 1.82) is 0 Å². The van der Waals surface area contributed by atoms with Gasteiger partial charge in [0.2, 0.25) is 7.37 Å². The van der Waals surface area contributed by atoms with Crippen molar-refractivity contribution in [2.75, 3.05) is 12.3 Å². The Morgan fingerprint density at radius 2 is 1.60 bits per heavy atom. The van der Waals surface area contributed by atoms with Crippen LogP contribution in [0.4, 0.5) is 0 Å². The maximum Gasteiger partial charge on any atom is 0.306 e. The van der Waals surface area contributed by atoms with Crippen LogP contribution in [-0.2, 0) is 18.9 Å². The molecule has 0 saturated carbocycles. The van der Waals surface area contributed by atoms with Crippen molar-refractivity contribution < 1.29 is 39.2 Å². The highest BCUT2D eigenvalue weighted by atomic mass is 31.2.